The van der Waals surface area contributed by atoms with Crippen molar-refractivity contribution in [2.24, 2.45) is 5.92 Å². The summed E-state index contributed by atoms with van der Waals surface area (Å²) in [5.74, 6) is -2.64. The van der Waals surface area contributed by atoms with Gasteiger partial charge in [0.1, 0.15) is 18.1 Å². The molecule has 0 saturated heterocycles. The SMILES string of the molecule is COC(=O)/C=C/[C@H](CCC(=O)N(C)C)NC(=O)[C@H](C)NC(=O)[C@H](C)NC(=O)[C@H](CC(C)C)NC(C)=O. The van der Waals surface area contributed by atoms with Crippen LogP contribution in [-0.2, 0) is 33.5 Å². The molecule has 0 saturated carbocycles. The molecule has 0 rings (SSSR count). The molecule has 0 spiro atoms. The number of esters is 1. The molecule has 4 N–H and O–H groups in total. The van der Waals surface area contributed by atoms with E-state index in [2.05, 4.69) is 26.0 Å². The maximum atomic E-state index is 12.7. The molecule has 0 aromatic heterocycles. The topological polar surface area (TPSA) is 163 Å². The Morgan fingerprint density at radius 3 is 1.83 bits per heavy atom. The van der Waals surface area contributed by atoms with Gasteiger partial charge in [-0.25, -0.2) is 4.79 Å². The minimum absolute atomic E-state index is 0.124. The average Bonchev–Trinajstić information content (AvgIpc) is 2.78. The molecule has 0 fully saturated rings. The van der Waals surface area contributed by atoms with Crippen LogP contribution < -0.4 is 21.3 Å². The number of carbonyl (C=O) groups is 6. The number of hydrogen-bond acceptors (Lipinski definition) is 7. The standard InChI is InChI=1S/C24H41N5O7/c1-14(2)13-19(27-17(5)30)24(35)26-15(3)22(33)25-16(4)23(34)28-18(10-12-21(32)36-8)9-11-20(31)29(6)7/h10,12,14-16,18-19H,9,11,13H2,1-8H3,(H,25,33)(H,26,35)(H,27,30)(H,28,34)/b12-10+/t15-,16-,18-,19-/m0/s1. The number of nitrogens with one attached hydrogen (secondary N) is 4. The van der Waals surface area contributed by atoms with E-state index in [-0.39, 0.29) is 30.6 Å². The predicted molar refractivity (Wildman–Crippen MR) is 133 cm³/mol. The Labute approximate surface area is 212 Å². The number of rotatable bonds is 14. The fourth-order valence-corrected chi connectivity index (χ4v) is 3.02. The Balaban J connectivity index is 5.11. The van der Waals surface area contributed by atoms with Crippen LogP contribution in [0.25, 0.3) is 0 Å². The summed E-state index contributed by atoms with van der Waals surface area (Å²) in [5, 5.41) is 10.3. The Hall–Kier alpha value is -3.44. The van der Waals surface area contributed by atoms with Crippen molar-refractivity contribution in [3.8, 4) is 0 Å². The lowest BCUT2D eigenvalue weighted by atomic mass is 10.0. The van der Waals surface area contributed by atoms with E-state index in [1.807, 2.05) is 13.8 Å². The first-order valence-electron chi connectivity index (χ1n) is 11.8. The maximum Gasteiger partial charge on any atom is 0.330 e. The third-order valence-electron chi connectivity index (χ3n) is 5.07. The zero-order valence-corrected chi connectivity index (χ0v) is 22.5. The molecular weight excluding hydrogens is 470 g/mol. The fraction of sp³-hybridized carbons (Fsp3) is 0.667. The average molecular weight is 512 g/mol. The van der Waals surface area contributed by atoms with E-state index in [4.69, 9.17) is 0 Å². The molecule has 5 amide bonds. The third kappa shape index (κ3) is 13.4. The fourth-order valence-electron chi connectivity index (χ4n) is 3.02. The maximum absolute atomic E-state index is 12.7. The number of amides is 5. The Morgan fingerprint density at radius 1 is 0.833 bits per heavy atom. The summed E-state index contributed by atoms with van der Waals surface area (Å²) in [5.41, 5.74) is 0. The molecule has 36 heavy (non-hydrogen) atoms. The highest BCUT2D eigenvalue weighted by Gasteiger charge is 2.26. The second-order valence-corrected chi connectivity index (χ2v) is 9.17. The van der Waals surface area contributed by atoms with E-state index in [0.29, 0.717) is 6.42 Å². The van der Waals surface area contributed by atoms with Crippen molar-refractivity contribution in [3.63, 3.8) is 0 Å². The lowest BCUT2D eigenvalue weighted by Gasteiger charge is -2.23. The van der Waals surface area contributed by atoms with Crippen molar-refractivity contribution in [1.29, 1.82) is 0 Å². The van der Waals surface area contributed by atoms with Crippen LogP contribution in [0.1, 0.15) is 53.9 Å². The van der Waals surface area contributed by atoms with E-state index in [1.165, 1.54) is 38.9 Å². The summed E-state index contributed by atoms with van der Waals surface area (Å²) in [4.78, 5) is 74.0. The minimum atomic E-state index is -0.975. The molecule has 0 radical (unpaired) electrons. The van der Waals surface area contributed by atoms with Gasteiger partial charge in [-0.2, -0.15) is 0 Å². The molecule has 0 unspecified atom stereocenters. The molecule has 12 heteroatoms. The zero-order valence-electron chi connectivity index (χ0n) is 22.5. The molecule has 0 aliphatic rings. The van der Waals surface area contributed by atoms with Crippen LogP contribution >= 0.6 is 0 Å². The van der Waals surface area contributed by atoms with Gasteiger partial charge in [0, 0.05) is 39.6 Å². The van der Waals surface area contributed by atoms with Crippen LogP contribution in [-0.4, -0.2) is 85.8 Å². The normalized spacial score (nSPS) is 14.2. The first kappa shape index (κ1) is 32.6. The summed E-state index contributed by atoms with van der Waals surface area (Å²) < 4.78 is 4.56. The van der Waals surface area contributed by atoms with Crippen molar-refractivity contribution in [2.45, 2.75) is 78.0 Å². The second-order valence-electron chi connectivity index (χ2n) is 9.17. The lowest BCUT2D eigenvalue weighted by Crippen LogP contribution is -2.55. The van der Waals surface area contributed by atoms with Crippen LogP contribution in [0.5, 0.6) is 0 Å². The van der Waals surface area contributed by atoms with Gasteiger partial charge in [-0.15, -0.1) is 0 Å². The monoisotopic (exact) mass is 511 g/mol. The molecule has 0 aliphatic carbocycles. The van der Waals surface area contributed by atoms with Gasteiger partial charge >= 0.3 is 5.97 Å². The van der Waals surface area contributed by atoms with E-state index < -0.39 is 47.9 Å². The molecule has 12 nitrogen and oxygen atoms in total. The van der Waals surface area contributed by atoms with Gasteiger partial charge in [0.05, 0.1) is 7.11 Å². The minimum Gasteiger partial charge on any atom is -0.466 e. The molecular formula is C24H41N5O7. The Morgan fingerprint density at radius 2 is 1.36 bits per heavy atom. The van der Waals surface area contributed by atoms with Crippen LogP contribution in [0, 0.1) is 5.92 Å². The van der Waals surface area contributed by atoms with Crippen molar-refractivity contribution < 1.29 is 33.5 Å². The van der Waals surface area contributed by atoms with Crippen LogP contribution in [0.4, 0.5) is 0 Å². The van der Waals surface area contributed by atoms with Gasteiger partial charge in [-0.1, -0.05) is 19.9 Å². The number of methoxy groups -OCH3 is 1. The molecule has 0 aliphatic heterocycles. The predicted octanol–water partition coefficient (Wildman–Crippen LogP) is -0.371. The number of ether oxygens (including phenoxy) is 1. The van der Waals surface area contributed by atoms with Gasteiger partial charge in [0.25, 0.3) is 0 Å². The van der Waals surface area contributed by atoms with E-state index in [9.17, 15) is 28.8 Å². The Kier molecular flexibility index (Phi) is 14.7. The first-order valence-corrected chi connectivity index (χ1v) is 11.8. The van der Waals surface area contributed by atoms with Crippen molar-refractivity contribution in [3.05, 3.63) is 12.2 Å². The highest BCUT2D eigenvalue weighted by molar-refractivity contribution is 5.93. The largest absolute Gasteiger partial charge is 0.466 e. The zero-order chi connectivity index (χ0) is 28.0. The van der Waals surface area contributed by atoms with Gasteiger partial charge in [-0.05, 0) is 32.6 Å². The summed E-state index contributed by atoms with van der Waals surface area (Å²) in [6, 6.07) is -3.39. The second kappa shape index (κ2) is 16.3. The molecule has 0 bridgehead atoms. The smallest absolute Gasteiger partial charge is 0.330 e. The number of hydrogen-bond donors (Lipinski definition) is 4. The van der Waals surface area contributed by atoms with Gasteiger partial charge < -0.3 is 30.9 Å². The Bertz CT molecular complexity index is 826. The van der Waals surface area contributed by atoms with Gasteiger partial charge in [0.2, 0.25) is 29.5 Å². The highest BCUT2D eigenvalue weighted by atomic mass is 16.5. The summed E-state index contributed by atoms with van der Waals surface area (Å²) in [6.45, 7) is 8.05. The van der Waals surface area contributed by atoms with Crippen molar-refractivity contribution in [1.82, 2.24) is 26.2 Å². The first-order chi connectivity index (χ1) is 16.7. The van der Waals surface area contributed by atoms with Crippen LogP contribution in [0.2, 0.25) is 0 Å². The van der Waals surface area contributed by atoms with E-state index >= 15 is 0 Å². The van der Waals surface area contributed by atoms with Gasteiger partial charge in [0.15, 0.2) is 0 Å². The molecule has 204 valence electrons. The quantitative estimate of drug-likeness (QED) is 0.183. The summed E-state index contributed by atoms with van der Waals surface area (Å²) >= 11 is 0. The lowest BCUT2D eigenvalue weighted by molar-refractivity contribution is -0.135. The molecule has 4 atom stereocenters. The van der Waals surface area contributed by atoms with Gasteiger partial charge in [-0.3, -0.25) is 24.0 Å². The van der Waals surface area contributed by atoms with Crippen molar-refractivity contribution >= 4 is 35.5 Å². The summed E-state index contributed by atoms with van der Waals surface area (Å²) in [7, 11) is 4.44. The summed E-state index contributed by atoms with van der Waals surface area (Å²) in [6.07, 6.45) is 3.31. The molecule has 0 aromatic rings. The number of carbonyl (C=O) groups excluding carboxylic acids is 6. The highest BCUT2D eigenvalue weighted by Crippen LogP contribution is 2.06. The van der Waals surface area contributed by atoms with E-state index in [1.54, 1.807) is 14.1 Å². The third-order valence-corrected chi connectivity index (χ3v) is 5.07. The van der Waals surface area contributed by atoms with E-state index in [0.717, 1.165) is 6.08 Å². The molecule has 0 aromatic carbocycles. The molecule has 0 heterocycles. The van der Waals surface area contributed by atoms with Crippen LogP contribution in [0.3, 0.4) is 0 Å². The van der Waals surface area contributed by atoms with Crippen molar-refractivity contribution in [2.75, 3.05) is 21.2 Å². The number of nitrogens with zero attached hydrogens (tertiary/aromatic N) is 1. The van der Waals surface area contributed by atoms with Crippen LogP contribution in [0.15, 0.2) is 12.2 Å².